The summed E-state index contributed by atoms with van der Waals surface area (Å²) in [6.07, 6.45) is 1.98. The highest BCUT2D eigenvalue weighted by Crippen LogP contribution is 2.14. The molecule has 1 aliphatic rings. The van der Waals surface area contributed by atoms with Crippen molar-refractivity contribution in [1.82, 2.24) is 10.2 Å². The molecule has 0 atom stereocenters. The van der Waals surface area contributed by atoms with Gasteiger partial charge in [0.15, 0.2) is 0 Å². The number of piperidine rings is 1. The van der Waals surface area contributed by atoms with Crippen LogP contribution in [0.15, 0.2) is 18.2 Å². The van der Waals surface area contributed by atoms with Crippen LogP contribution in [-0.2, 0) is 9.53 Å². The molecule has 0 aliphatic carbocycles. The molecule has 0 radical (unpaired) electrons. The molecule has 1 saturated heterocycles. The fourth-order valence-electron chi connectivity index (χ4n) is 3.14. The Morgan fingerprint density at radius 3 is 2.40 bits per heavy atom. The molecule has 6 heteroatoms. The highest BCUT2D eigenvalue weighted by atomic mass is 16.6. The quantitative estimate of drug-likeness (QED) is 0.830. The Morgan fingerprint density at radius 2 is 1.80 bits per heavy atom. The molecule has 0 unspecified atom stereocenters. The standard InChI is InChI=1S/C19H29N3O3/c1-4-25-19(24)22-9-6-16(7-10-22)20-8-5-18(23)21-17-12-14(2)11-15(3)13-17/h11-13,16,20H,4-10H2,1-3H3,(H,21,23). The molecule has 138 valence electrons. The molecule has 0 bridgehead atoms. The summed E-state index contributed by atoms with van der Waals surface area (Å²) in [6, 6.07) is 6.38. The summed E-state index contributed by atoms with van der Waals surface area (Å²) in [5.41, 5.74) is 3.13. The third kappa shape index (κ3) is 6.38. The number of carbonyl (C=O) groups is 2. The summed E-state index contributed by atoms with van der Waals surface area (Å²) < 4.78 is 5.02. The van der Waals surface area contributed by atoms with E-state index in [0.29, 0.717) is 38.7 Å². The lowest BCUT2D eigenvalue weighted by Gasteiger charge is -2.31. The van der Waals surface area contributed by atoms with E-state index in [1.54, 1.807) is 4.90 Å². The zero-order valence-electron chi connectivity index (χ0n) is 15.4. The molecular formula is C19H29N3O3. The maximum Gasteiger partial charge on any atom is 0.409 e. The van der Waals surface area contributed by atoms with Gasteiger partial charge in [-0.15, -0.1) is 0 Å². The fourth-order valence-corrected chi connectivity index (χ4v) is 3.14. The van der Waals surface area contributed by atoms with Gasteiger partial charge in [-0.3, -0.25) is 4.79 Å². The topological polar surface area (TPSA) is 70.7 Å². The van der Waals surface area contributed by atoms with Gasteiger partial charge in [0.2, 0.25) is 5.91 Å². The van der Waals surface area contributed by atoms with Crippen LogP contribution < -0.4 is 10.6 Å². The highest BCUT2D eigenvalue weighted by molar-refractivity contribution is 5.91. The first-order chi connectivity index (χ1) is 12.0. The number of likely N-dealkylation sites (tertiary alicyclic amines) is 1. The number of ether oxygens (including phenoxy) is 1. The van der Waals surface area contributed by atoms with Gasteiger partial charge in [0.05, 0.1) is 6.61 Å². The molecule has 1 fully saturated rings. The maximum absolute atomic E-state index is 12.1. The normalized spacial score (nSPS) is 15.1. The molecule has 6 nitrogen and oxygen atoms in total. The van der Waals surface area contributed by atoms with Gasteiger partial charge in [-0.05, 0) is 56.9 Å². The van der Waals surface area contributed by atoms with E-state index < -0.39 is 0 Å². The fraction of sp³-hybridized carbons (Fsp3) is 0.579. The van der Waals surface area contributed by atoms with Gasteiger partial charge in [-0.25, -0.2) is 4.79 Å². The van der Waals surface area contributed by atoms with Crippen molar-refractivity contribution in [3.05, 3.63) is 29.3 Å². The van der Waals surface area contributed by atoms with Gasteiger partial charge in [-0.1, -0.05) is 6.07 Å². The monoisotopic (exact) mass is 347 g/mol. The van der Waals surface area contributed by atoms with Crippen molar-refractivity contribution >= 4 is 17.7 Å². The van der Waals surface area contributed by atoms with Crippen LogP contribution in [0.4, 0.5) is 10.5 Å². The van der Waals surface area contributed by atoms with Crippen molar-refractivity contribution in [2.24, 2.45) is 0 Å². The Labute approximate surface area is 149 Å². The largest absolute Gasteiger partial charge is 0.450 e. The van der Waals surface area contributed by atoms with E-state index >= 15 is 0 Å². The Bertz CT molecular complexity index is 575. The number of carbonyl (C=O) groups excluding carboxylic acids is 2. The molecule has 2 amide bonds. The molecule has 0 aromatic heterocycles. The predicted octanol–water partition coefficient (Wildman–Crippen LogP) is 2.84. The molecule has 25 heavy (non-hydrogen) atoms. The summed E-state index contributed by atoms with van der Waals surface area (Å²) >= 11 is 0. The van der Waals surface area contributed by atoms with Gasteiger partial charge in [-0.2, -0.15) is 0 Å². The number of amides is 2. The number of benzene rings is 1. The number of rotatable bonds is 6. The SMILES string of the molecule is CCOC(=O)N1CCC(NCCC(=O)Nc2cc(C)cc(C)c2)CC1. The van der Waals surface area contributed by atoms with Crippen molar-refractivity contribution in [2.45, 2.75) is 46.1 Å². The number of nitrogens with one attached hydrogen (secondary N) is 2. The minimum Gasteiger partial charge on any atom is -0.450 e. The number of hydrogen-bond acceptors (Lipinski definition) is 4. The summed E-state index contributed by atoms with van der Waals surface area (Å²) in [7, 11) is 0. The molecule has 2 rings (SSSR count). The predicted molar refractivity (Wildman–Crippen MR) is 98.8 cm³/mol. The number of anilines is 1. The average molecular weight is 347 g/mol. The van der Waals surface area contributed by atoms with Gasteiger partial charge < -0.3 is 20.3 Å². The smallest absolute Gasteiger partial charge is 0.409 e. The Kier molecular flexibility index (Phi) is 7.25. The van der Waals surface area contributed by atoms with E-state index in [1.165, 1.54) is 0 Å². The molecule has 1 aromatic carbocycles. The Balaban J connectivity index is 1.66. The third-order valence-corrected chi connectivity index (χ3v) is 4.31. The van der Waals surface area contributed by atoms with Crippen LogP contribution in [-0.4, -0.2) is 49.2 Å². The van der Waals surface area contributed by atoms with E-state index in [1.807, 2.05) is 32.9 Å². The molecule has 1 aromatic rings. The Morgan fingerprint density at radius 1 is 1.16 bits per heavy atom. The van der Waals surface area contributed by atoms with Gasteiger partial charge in [0, 0.05) is 37.8 Å². The molecule has 2 N–H and O–H groups in total. The van der Waals surface area contributed by atoms with Crippen LogP contribution in [0, 0.1) is 13.8 Å². The van der Waals surface area contributed by atoms with Crippen LogP contribution in [0.5, 0.6) is 0 Å². The molecular weight excluding hydrogens is 318 g/mol. The average Bonchev–Trinajstić information content (AvgIpc) is 2.54. The molecule has 1 aliphatic heterocycles. The minimum atomic E-state index is -0.228. The molecule has 0 saturated carbocycles. The number of aryl methyl sites for hydroxylation is 2. The summed E-state index contributed by atoms with van der Waals surface area (Å²) in [4.78, 5) is 25.5. The van der Waals surface area contributed by atoms with Gasteiger partial charge in [0.1, 0.15) is 0 Å². The number of nitrogens with zero attached hydrogens (tertiary/aromatic N) is 1. The van der Waals surface area contributed by atoms with Crippen molar-refractivity contribution in [3.63, 3.8) is 0 Å². The van der Waals surface area contributed by atoms with E-state index in [0.717, 1.165) is 29.7 Å². The first-order valence-electron chi connectivity index (χ1n) is 9.01. The van der Waals surface area contributed by atoms with E-state index in [-0.39, 0.29) is 12.0 Å². The highest BCUT2D eigenvalue weighted by Gasteiger charge is 2.23. The van der Waals surface area contributed by atoms with E-state index in [2.05, 4.69) is 16.7 Å². The van der Waals surface area contributed by atoms with Crippen LogP contribution in [0.3, 0.4) is 0 Å². The molecule has 0 spiro atoms. The number of hydrogen-bond donors (Lipinski definition) is 2. The van der Waals surface area contributed by atoms with E-state index in [4.69, 9.17) is 4.74 Å². The molecule has 1 heterocycles. The second kappa shape index (κ2) is 9.42. The first kappa shape index (κ1) is 19.2. The Hall–Kier alpha value is -2.08. The second-order valence-corrected chi connectivity index (χ2v) is 6.59. The van der Waals surface area contributed by atoms with Crippen LogP contribution in [0.1, 0.15) is 37.3 Å². The van der Waals surface area contributed by atoms with E-state index in [9.17, 15) is 9.59 Å². The van der Waals surface area contributed by atoms with Crippen molar-refractivity contribution in [3.8, 4) is 0 Å². The zero-order chi connectivity index (χ0) is 18.2. The van der Waals surface area contributed by atoms with Crippen LogP contribution in [0.25, 0.3) is 0 Å². The maximum atomic E-state index is 12.1. The first-order valence-corrected chi connectivity index (χ1v) is 9.01. The van der Waals surface area contributed by atoms with Crippen molar-refractivity contribution in [1.29, 1.82) is 0 Å². The lowest BCUT2D eigenvalue weighted by Crippen LogP contribution is -2.45. The summed E-state index contributed by atoms with van der Waals surface area (Å²) in [5, 5.41) is 6.36. The second-order valence-electron chi connectivity index (χ2n) is 6.59. The lowest BCUT2D eigenvalue weighted by atomic mass is 10.1. The van der Waals surface area contributed by atoms with Crippen LogP contribution in [0.2, 0.25) is 0 Å². The lowest BCUT2D eigenvalue weighted by molar-refractivity contribution is -0.116. The van der Waals surface area contributed by atoms with Gasteiger partial charge >= 0.3 is 6.09 Å². The summed E-state index contributed by atoms with van der Waals surface area (Å²) in [5.74, 6) is 0.0152. The minimum absolute atomic E-state index is 0.0152. The summed E-state index contributed by atoms with van der Waals surface area (Å²) in [6.45, 7) is 8.30. The zero-order valence-corrected chi connectivity index (χ0v) is 15.4. The van der Waals surface area contributed by atoms with Crippen LogP contribution >= 0.6 is 0 Å². The third-order valence-electron chi connectivity index (χ3n) is 4.31. The van der Waals surface area contributed by atoms with Crippen molar-refractivity contribution < 1.29 is 14.3 Å². The van der Waals surface area contributed by atoms with Crippen molar-refractivity contribution in [2.75, 3.05) is 31.6 Å². The van der Waals surface area contributed by atoms with Gasteiger partial charge in [0.25, 0.3) is 0 Å².